The van der Waals surface area contributed by atoms with Crippen molar-refractivity contribution in [1.29, 1.82) is 0 Å². The van der Waals surface area contributed by atoms with Gasteiger partial charge < -0.3 is 15.1 Å². The minimum atomic E-state index is -1.02. The third kappa shape index (κ3) is 2.77. The molecule has 0 spiro atoms. The molecule has 2 N–H and O–H groups in total. The van der Waals surface area contributed by atoms with Gasteiger partial charge >= 0.3 is 5.97 Å². The number of rotatable bonds is 3. The predicted molar refractivity (Wildman–Crippen MR) is 103 cm³/mol. The van der Waals surface area contributed by atoms with Crippen molar-refractivity contribution >= 4 is 11.7 Å². The van der Waals surface area contributed by atoms with Gasteiger partial charge in [0.1, 0.15) is 5.71 Å². The highest BCUT2D eigenvalue weighted by molar-refractivity contribution is 6.05. The van der Waals surface area contributed by atoms with Gasteiger partial charge in [0.2, 0.25) is 6.61 Å². The van der Waals surface area contributed by atoms with Crippen LogP contribution in [-0.4, -0.2) is 34.1 Å². The van der Waals surface area contributed by atoms with E-state index in [2.05, 4.69) is 31.2 Å². The van der Waals surface area contributed by atoms with Gasteiger partial charge in [-0.1, -0.05) is 30.7 Å². The van der Waals surface area contributed by atoms with E-state index in [0.29, 0.717) is 23.5 Å². The van der Waals surface area contributed by atoms with Crippen LogP contribution in [0.4, 0.5) is 0 Å². The van der Waals surface area contributed by atoms with E-state index < -0.39 is 18.2 Å². The molecule has 0 aromatic carbocycles. The zero-order valence-electron chi connectivity index (χ0n) is 16.6. The standard InChI is InChI=1S/C22H31NO4/c1-20-9-6-15(23-27-13-19(24)25)12-14(20)4-5-16-17(20)7-10-21(2)18(16)8-11-22(21,3)26/h6,9,12,16-18,26H,4-5,7-8,10-11,13H2,1-3H3,(H,24,25)/t16?,17?,18?,20-,21-,22-/m0/s1. The van der Waals surface area contributed by atoms with Crippen LogP contribution in [0, 0.1) is 28.6 Å². The van der Waals surface area contributed by atoms with Crippen LogP contribution in [0.25, 0.3) is 0 Å². The smallest absolute Gasteiger partial charge is 0.344 e. The maximum atomic E-state index is 11.0. The first kappa shape index (κ1) is 18.7. The number of aliphatic hydroxyl groups is 1. The summed E-state index contributed by atoms with van der Waals surface area (Å²) in [6.07, 6.45) is 12.8. The number of hydrogen-bond donors (Lipinski definition) is 2. The van der Waals surface area contributed by atoms with Crippen LogP contribution < -0.4 is 0 Å². The topological polar surface area (TPSA) is 79.1 Å². The number of carbonyl (C=O) groups is 1. The molecule has 4 rings (SSSR count). The fraction of sp³-hybridized carbons (Fsp3) is 0.727. The fourth-order valence-corrected chi connectivity index (χ4v) is 6.67. The molecule has 0 aromatic heterocycles. The van der Waals surface area contributed by atoms with Crippen LogP contribution >= 0.6 is 0 Å². The number of fused-ring (bicyclic) bond motifs is 5. The van der Waals surface area contributed by atoms with E-state index in [-0.39, 0.29) is 10.8 Å². The van der Waals surface area contributed by atoms with Gasteiger partial charge in [0.15, 0.2) is 0 Å². The van der Waals surface area contributed by atoms with Gasteiger partial charge in [-0.3, -0.25) is 0 Å². The molecule has 3 unspecified atom stereocenters. The fourth-order valence-electron chi connectivity index (χ4n) is 6.67. The summed E-state index contributed by atoms with van der Waals surface area (Å²) in [6, 6.07) is 0. The van der Waals surface area contributed by atoms with E-state index in [1.54, 1.807) is 0 Å². The maximum absolute atomic E-state index is 11.0. The normalized spacial score (nSPS) is 47.0. The Morgan fingerprint density at radius 1 is 1.22 bits per heavy atom. The Kier molecular flexibility index (Phi) is 4.30. The molecule has 0 bridgehead atoms. The quantitative estimate of drug-likeness (QED) is 0.735. The summed E-state index contributed by atoms with van der Waals surface area (Å²) in [5.74, 6) is 0.843. The Hall–Kier alpha value is -1.62. The second kappa shape index (κ2) is 6.20. The molecular formula is C22H31NO4. The number of allylic oxidation sites excluding steroid dienone is 4. The molecule has 0 saturated heterocycles. The number of aliphatic carboxylic acids is 1. The molecule has 4 aliphatic rings. The van der Waals surface area contributed by atoms with Gasteiger partial charge in [-0.25, -0.2) is 4.79 Å². The largest absolute Gasteiger partial charge is 0.479 e. The van der Waals surface area contributed by atoms with Crippen molar-refractivity contribution in [3.63, 3.8) is 0 Å². The monoisotopic (exact) mass is 373 g/mol. The molecule has 0 amide bonds. The molecule has 0 heterocycles. The van der Waals surface area contributed by atoms with Crippen molar-refractivity contribution in [3.05, 3.63) is 23.8 Å². The van der Waals surface area contributed by atoms with Crippen molar-refractivity contribution in [2.75, 3.05) is 6.61 Å². The second-order valence-electron chi connectivity index (χ2n) is 9.65. The van der Waals surface area contributed by atoms with Gasteiger partial charge in [0.05, 0.1) is 5.60 Å². The third-order valence-corrected chi connectivity index (χ3v) is 8.49. The molecule has 0 radical (unpaired) electrons. The molecule has 6 atom stereocenters. The molecule has 5 nitrogen and oxygen atoms in total. The van der Waals surface area contributed by atoms with Crippen LogP contribution in [0.1, 0.15) is 59.3 Å². The van der Waals surface area contributed by atoms with Crippen molar-refractivity contribution in [3.8, 4) is 0 Å². The highest BCUT2D eigenvalue weighted by atomic mass is 16.6. The SMILES string of the molecule is C[C@]12C=CC(=NOCC(=O)O)C=C1CCC1C2CC[C@@]2(C)C1CC[C@]2(C)O. The predicted octanol–water partition coefficient (Wildman–Crippen LogP) is 3.93. The van der Waals surface area contributed by atoms with Crippen molar-refractivity contribution in [1.82, 2.24) is 0 Å². The number of carboxylic acid groups (broad SMARTS) is 1. The first-order chi connectivity index (χ1) is 12.7. The second-order valence-corrected chi connectivity index (χ2v) is 9.65. The van der Waals surface area contributed by atoms with Crippen molar-refractivity contribution in [2.45, 2.75) is 64.9 Å². The van der Waals surface area contributed by atoms with Crippen LogP contribution in [0.3, 0.4) is 0 Å². The first-order valence-electron chi connectivity index (χ1n) is 10.2. The molecule has 3 fully saturated rings. The van der Waals surface area contributed by atoms with E-state index in [9.17, 15) is 9.90 Å². The van der Waals surface area contributed by atoms with Crippen LogP contribution in [0.15, 0.2) is 29.0 Å². The van der Waals surface area contributed by atoms with E-state index in [0.717, 1.165) is 32.1 Å². The molecule has 0 aliphatic heterocycles. The molecular weight excluding hydrogens is 342 g/mol. The number of hydrogen-bond acceptors (Lipinski definition) is 4. The van der Waals surface area contributed by atoms with Crippen molar-refractivity contribution in [2.24, 2.45) is 33.7 Å². The lowest BCUT2D eigenvalue weighted by Gasteiger charge is -2.58. The number of oxime groups is 1. The van der Waals surface area contributed by atoms with Crippen LogP contribution in [-0.2, 0) is 9.63 Å². The number of carboxylic acids is 1. The molecule has 27 heavy (non-hydrogen) atoms. The van der Waals surface area contributed by atoms with E-state index in [1.165, 1.54) is 12.0 Å². The minimum Gasteiger partial charge on any atom is -0.479 e. The lowest BCUT2D eigenvalue weighted by atomic mass is 9.47. The van der Waals surface area contributed by atoms with Crippen LogP contribution in [0.5, 0.6) is 0 Å². The average Bonchev–Trinajstić information content (AvgIpc) is 2.84. The molecule has 148 valence electrons. The van der Waals surface area contributed by atoms with Crippen molar-refractivity contribution < 1.29 is 19.8 Å². The zero-order chi connectivity index (χ0) is 19.4. The summed E-state index contributed by atoms with van der Waals surface area (Å²) in [7, 11) is 0. The minimum absolute atomic E-state index is 0.0323. The summed E-state index contributed by atoms with van der Waals surface area (Å²) < 4.78 is 0. The van der Waals surface area contributed by atoms with Crippen LogP contribution in [0.2, 0.25) is 0 Å². The summed E-state index contributed by atoms with van der Waals surface area (Å²) in [6.45, 7) is 6.29. The lowest BCUT2D eigenvalue weighted by Crippen LogP contribution is -2.53. The van der Waals surface area contributed by atoms with E-state index >= 15 is 0 Å². The summed E-state index contributed by atoms with van der Waals surface area (Å²) >= 11 is 0. The highest BCUT2D eigenvalue weighted by Crippen LogP contribution is 2.66. The average molecular weight is 373 g/mol. The Labute approximate surface area is 161 Å². The Balaban J connectivity index is 1.57. The van der Waals surface area contributed by atoms with E-state index in [1.807, 2.05) is 13.0 Å². The zero-order valence-corrected chi connectivity index (χ0v) is 16.6. The lowest BCUT2D eigenvalue weighted by molar-refractivity contribution is -0.142. The number of nitrogens with zero attached hydrogens (tertiary/aromatic N) is 1. The van der Waals surface area contributed by atoms with Gasteiger partial charge in [-0.15, -0.1) is 0 Å². The Morgan fingerprint density at radius 2 is 1.96 bits per heavy atom. The maximum Gasteiger partial charge on any atom is 0.344 e. The van der Waals surface area contributed by atoms with Gasteiger partial charge in [0, 0.05) is 5.41 Å². The summed E-state index contributed by atoms with van der Waals surface area (Å²) in [5.41, 5.74) is 1.62. The van der Waals surface area contributed by atoms with Gasteiger partial charge in [-0.05, 0) is 80.8 Å². The highest BCUT2D eigenvalue weighted by Gasteiger charge is 2.61. The first-order valence-corrected chi connectivity index (χ1v) is 10.2. The van der Waals surface area contributed by atoms with Gasteiger partial charge in [-0.2, -0.15) is 0 Å². The molecule has 5 heteroatoms. The molecule has 4 aliphatic carbocycles. The molecule has 0 aromatic rings. The third-order valence-electron chi connectivity index (χ3n) is 8.49. The van der Waals surface area contributed by atoms with Gasteiger partial charge in [0.25, 0.3) is 0 Å². The van der Waals surface area contributed by atoms with E-state index in [4.69, 9.17) is 9.94 Å². The molecule has 3 saturated carbocycles. The Bertz CT molecular complexity index is 737. The summed E-state index contributed by atoms with van der Waals surface area (Å²) in [5, 5.41) is 23.7. The Morgan fingerprint density at radius 3 is 2.70 bits per heavy atom. The summed E-state index contributed by atoms with van der Waals surface area (Å²) in [4.78, 5) is 15.5.